The summed E-state index contributed by atoms with van der Waals surface area (Å²) in [5.41, 5.74) is 2.88. The summed E-state index contributed by atoms with van der Waals surface area (Å²) in [6.45, 7) is 1.22. The highest BCUT2D eigenvalue weighted by Crippen LogP contribution is 2.30. The average molecular weight is 633 g/mol. The van der Waals surface area contributed by atoms with Crippen molar-refractivity contribution in [2.75, 3.05) is 51.3 Å². The molecule has 46 heavy (non-hydrogen) atoms. The van der Waals surface area contributed by atoms with Crippen LogP contribution in [0.2, 0.25) is 0 Å². The van der Waals surface area contributed by atoms with Crippen molar-refractivity contribution in [2.24, 2.45) is 0 Å². The number of amides is 4. The lowest BCUT2D eigenvalue weighted by molar-refractivity contribution is -0.674. The van der Waals surface area contributed by atoms with E-state index in [1.807, 2.05) is 47.0 Å². The van der Waals surface area contributed by atoms with Gasteiger partial charge in [-0.05, 0) is 59.7 Å². The summed E-state index contributed by atoms with van der Waals surface area (Å²) in [7, 11) is 6.33. The first-order valence-electron chi connectivity index (χ1n) is 15.2. The molecule has 2 atom stereocenters. The Morgan fingerprint density at radius 2 is 0.935 bits per heavy atom. The Labute approximate surface area is 267 Å². The molecule has 0 radical (unpaired) electrons. The average Bonchev–Trinajstić information content (AvgIpc) is 3.52. The first kappa shape index (κ1) is 32.5. The number of benzene rings is 3. The van der Waals surface area contributed by atoms with Gasteiger partial charge in [-0.3, -0.25) is 19.2 Å². The minimum Gasteiger partial charge on any atom is -0.493 e. The SMILES string of the molecule is COc1ccc(CC[NH2+][C@@H]2CC(=O)N(c3ccc(N4C(=O)C[C@@H]([NH2+]CCc5ccc(OC)c(OC)c5)C4=O)cc3)C2=O)cc1OC. The highest BCUT2D eigenvalue weighted by molar-refractivity contribution is 6.23. The van der Waals surface area contributed by atoms with Crippen LogP contribution in [0.3, 0.4) is 0 Å². The number of nitrogens with zero attached hydrogens (tertiary/aromatic N) is 2. The van der Waals surface area contributed by atoms with Gasteiger partial charge in [0.25, 0.3) is 11.8 Å². The van der Waals surface area contributed by atoms with Crippen LogP contribution in [0.4, 0.5) is 11.4 Å². The normalized spacial score (nSPS) is 18.0. The van der Waals surface area contributed by atoms with Crippen molar-refractivity contribution in [1.29, 1.82) is 0 Å². The minimum atomic E-state index is -0.524. The van der Waals surface area contributed by atoms with Crippen LogP contribution in [0.25, 0.3) is 0 Å². The molecule has 3 aromatic rings. The topological polar surface area (TPSA) is 145 Å². The lowest BCUT2D eigenvalue weighted by Crippen LogP contribution is -2.92. The molecule has 4 amide bonds. The molecule has 0 unspecified atom stereocenters. The summed E-state index contributed by atoms with van der Waals surface area (Å²) >= 11 is 0. The zero-order valence-electron chi connectivity index (χ0n) is 26.5. The summed E-state index contributed by atoms with van der Waals surface area (Å²) < 4.78 is 21.3. The van der Waals surface area contributed by atoms with E-state index in [9.17, 15) is 19.2 Å². The zero-order chi connectivity index (χ0) is 32.8. The van der Waals surface area contributed by atoms with E-state index in [2.05, 4.69) is 0 Å². The van der Waals surface area contributed by atoms with E-state index in [1.165, 1.54) is 9.80 Å². The van der Waals surface area contributed by atoms with Crippen molar-refractivity contribution in [3.63, 3.8) is 0 Å². The molecule has 12 heteroatoms. The fourth-order valence-electron chi connectivity index (χ4n) is 5.95. The van der Waals surface area contributed by atoms with Crippen LogP contribution in [0.1, 0.15) is 24.0 Å². The van der Waals surface area contributed by atoms with Gasteiger partial charge in [0.05, 0.1) is 65.7 Å². The first-order valence-corrected chi connectivity index (χ1v) is 15.2. The van der Waals surface area contributed by atoms with Gasteiger partial charge < -0.3 is 29.6 Å². The van der Waals surface area contributed by atoms with Gasteiger partial charge in [0.2, 0.25) is 11.8 Å². The van der Waals surface area contributed by atoms with Gasteiger partial charge in [0.15, 0.2) is 35.1 Å². The third-order valence-electron chi connectivity index (χ3n) is 8.39. The number of carbonyl (C=O) groups is 4. The van der Waals surface area contributed by atoms with E-state index in [0.29, 0.717) is 60.3 Å². The Balaban J connectivity index is 1.15. The lowest BCUT2D eigenvalue weighted by Gasteiger charge is -2.18. The van der Waals surface area contributed by atoms with E-state index in [1.54, 1.807) is 52.7 Å². The minimum absolute atomic E-state index is 0.0937. The van der Waals surface area contributed by atoms with Crippen LogP contribution in [0, 0.1) is 0 Å². The number of nitrogens with two attached hydrogens (primary N) is 2. The Bertz CT molecular complexity index is 1490. The molecule has 3 aromatic carbocycles. The standard InChI is InChI=1S/C34H38N4O8/c1-43-27-11-5-21(17-29(27)45-3)13-15-35-25-19-31(39)37(33(25)41)23-7-9-24(10-8-23)38-32(40)20-26(34(38)42)36-16-14-22-6-12-28(44-2)30(18-22)46-4/h5-12,17-18,25-26,35-36H,13-16,19-20H2,1-4H3/p+2/t25-,26-/m1/s1. The monoisotopic (exact) mass is 632 g/mol. The number of rotatable bonds is 14. The third kappa shape index (κ3) is 6.82. The number of quaternary nitrogens is 2. The van der Waals surface area contributed by atoms with Crippen LogP contribution >= 0.6 is 0 Å². The number of methoxy groups -OCH3 is 4. The maximum atomic E-state index is 13.2. The van der Waals surface area contributed by atoms with E-state index in [0.717, 1.165) is 11.1 Å². The second-order valence-corrected chi connectivity index (χ2v) is 11.2. The zero-order valence-corrected chi connectivity index (χ0v) is 26.5. The molecule has 242 valence electrons. The van der Waals surface area contributed by atoms with Gasteiger partial charge in [0, 0.05) is 12.8 Å². The quantitative estimate of drug-likeness (QED) is 0.246. The van der Waals surface area contributed by atoms with E-state index in [-0.39, 0.29) is 36.5 Å². The van der Waals surface area contributed by atoms with E-state index >= 15 is 0 Å². The number of imide groups is 2. The third-order valence-corrected chi connectivity index (χ3v) is 8.39. The largest absolute Gasteiger partial charge is 0.493 e. The summed E-state index contributed by atoms with van der Waals surface area (Å²) in [5, 5.41) is 3.77. The van der Waals surface area contributed by atoms with Gasteiger partial charge in [-0.25, -0.2) is 9.80 Å². The summed E-state index contributed by atoms with van der Waals surface area (Å²) in [6.07, 6.45) is 1.55. The molecule has 5 rings (SSSR count). The number of carbonyl (C=O) groups excluding carboxylic acids is 4. The van der Waals surface area contributed by atoms with Gasteiger partial charge in [-0.2, -0.15) is 0 Å². The highest BCUT2D eigenvalue weighted by Gasteiger charge is 2.44. The second kappa shape index (κ2) is 14.4. The Kier molecular flexibility index (Phi) is 10.2. The summed E-state index contributed by atoms with van der Waals surface area (Å²) in [4.78, 5) is 54.5. The van der Waals surface area contributed by atoms with Gasteiger partial charge in [-0.1, -0.05) is 12.1 Å². The smallest absolute Gasteiger partial charge is 0.292 e. The fraction of sp³-hybridized carbons (Fsp3) is 0.353. The maximum absolute atomic E-state index is 13.2. The second-order valence-electron chi connectivity index (χ2n) is 11.2. The van der Waals surface area contributed by atoms with Crippen molar-refractivity contribution in [3.8, 4) is 23.0 Å². The molecule has 0 aromatic heterocycles. The predicted molar refractivity (Wildman–Crippen MR) is 168 cm³/mol. The van der Waals surface area contributed by atoms with Crippen molar-refractivity contribution >= 4 is 35.0 Å². The summed E-state index contributed by atoms with van der Waals surface area (Å²) in [5.74, 6) is 1.41. The molecule has 2 saturated heterocycles. The Morgan fingerprint density at radius 1 is 0.565 bits per heavy atom. The molecule has 2 heterocycles. The maximum Gasteiger partial charge on any atom is 0.292 e. The molecule has 12 nitrogen and oxygen atoms in total. The molecule has 0 spiro atoms. The van der Waals surface area contributed by atoms with Crippen molar-refractivity contribution < 1.29 is 48.8 Å². The molecular formula is C34H40N4O8+2. The van der Waals surface area contributed by atoms with E-state index < -0.39 is 12.1 Å². The van der Waals surface area contributed by atoms with Crippen LogP contribution in [-0.2, 0) is 32.0 Å². The van der Waals surface area contributed by atoms with Gasteiger partial charge in [0.1, 0.15) is 0 Å². The van der Waals surface area contributed by atoms with E-state index in [4.69, 9.17) is 18.9 Å². The van der Waals surface area contributed by atoms with Crippen LogP contribution in [0.5, 0.6) is 23.0 Å². The Morgan fingerprint density at radius 3 is 1.28 bits per heavy atom. The molecule has 0 aliphatic carbocycles. The van der Waals surface area contributed by atoms with Crippen LogP contribution in [0.15, 0.2) is 60.7 Å². The van der Waals surface area contributed by atoms with Crippen LogP contribution in [-0.4, -0.2) is 77.2 Å². The molecule has 4 N–H and O–H groups in total. The van der Waals surface area contributed by atoms with Gasteiger partial charge >= 0.3 is 0 Å². The molecule has 0 saturated carbocycles. The lowest BCUT2D eigenvalue weighted by atomic mass is 10.1. The predicted octanol–water partition coefficient (Wildman–Crippen LogP) is 0.597. The first-order chi connectivity index (χ1) is 22.3. The molecule has 2 fully saturated rings. The van der Waals surface area contributed by atoms with Crippen molar-refractivity contribution in [2.45, 2.75) is 37.8 Å². The Hall–Kier alpha value is -4.94. The molecular weight excluding hydrogens is 592 g/mol. The van der Waals surface area contributed by atoms with Crippen molar-refractivity contribution in [3.05, 3.63) is 71.8 Å². The number of ether oxygens (including phenoxy) is 4. The van der Waals surface area contributed by atoms with Crippen LogP contribution < -0.4 is 39.4 Å². The highest BCUT2D eigenvalue weighted by atomic mass is 16.5. The molecule has 0 bridgehead atoms. The number of hydrogen-bond donors (Lipinski definition) is 2. The number of anilines is 2. The summed E-state index contributed by atoms with van der Waals surface area (Å²) in [6, 6.07) is 16.7. The van der Waals surface area contributed by atoms with Gasteiger partial charge in [-0.15, -0.1) is 0 Å². The molecule has 2 aliphatic rings. The molecule has 2 aliphatic heterocycles. The number of hydrogen-bond acceptors (Lipinski definition) is 8. The fourth-order valence-corrected chi connectivity index (χ4v) is 5.95. The van der Waals surface area contributed by atoms with Crippen molar-refractivity contribution in [1.82, 2.24) is 0 Å².